The Labute approximate surface area is 191 Å². The maximum Gasteiger partial charge on any atom is 0.193 e. The number of fused-ring (bicyclic) bond motifs is 1. The standard InChI is InChI=1S/C22H33N5O.HI/c1-3-17-5-4-6-20-18(15-25-21(17)20)7-9-24-22(23-2)27-10-8-19(16-27)26-11-13-28-14-12-26;/h4-6,15,19,25H,3,7-14,16H2,1-2H3,(H,23,24);1H. The minimum Gasteiger partial charge on any atom is -0.379 e. The first kappa shape index (κ1) is 22.4. The molecule has 0 aliphatic carbocycles. The largest absolute Gasteiger partial charge is 0.379 e. The maximum absolute atomic E-state index is 5.49. The van der Waals surface area contributed by atoms with E-state index in [0.717, 1.165) is 64.7 Å². The molecule has 1 aromatic carbocycles. The van der Waals surface area contributed by atoms with Crippen LogP contribution >= 0.6 is 24.0 Å². The Balaban J connectivity index is 0.00000240. The fourth-order valence-corrected chi connectivity index (χ4v) is 4.59. The molecule has 0 spiro atoms. The Kier molecular flexibility index (Phi) is 8.20. The van der Waals surface area contributed by atoms with Gasteiger partial charge >= 0.3 is 0 Å². The van der Waals surface area contributed by atoms with Crippen LogP contribution in [-0.4, -0.2) is 79.8 Å². The van der Waals surface area contributed by atoms with Crippen molar-refractivity contribution in [2.75, 3.05) is 53.0 Å². The van der Waals surface area contributed by atoms with E-state index in [9.17, 15) is 0 Å². The minimum absolute atomic E-state index is 0. The third-order valence-electron chi connectivity index (χ3n) is 6.18. The number of halogens is 1. The molecule has 2 fully saturated rings. The fourth-order valence-electron chi connectivity index (χ4n) is 4.59. The van der Waals surface area contributed by atoms with Gasteiger partial charge in [0.25, 0.3) is 0 Å². The number of likely N-dealkylation sites (tertiary alicyclic amines) is 1. The molecule has 4 rings (SSSR count). The van der Waals surface area contributed by atoms with Crippen LogP contribution in [-0.2, 0) is 17.6 Å². The lowest BCUT2D eigenvalue weighted by atomic mass is 10.1. The minimum atomic E-state index is 0. The molecule has 0 bridgehead atoms. The predicted molar refractivity (Wildman–Crippen MR) is 131 cm³/mol. The second-order valence-corrected chi connectivity index (χ2v) is 7.77. The Morgan fingerprint density at radius 2 is 2.07 bits per heavy atom. The molecule has 1 atom stereocenters. The second kappa shape index (κ2) is 10.6. The summed E-state index contributed by atoms with van der Waals surface area (Å²) in [6, 6.07) is 7.23. The zero-order valence-electron chi connectivity index (χ0n) is 17.6. The van der Waals surface area contributed by atoms with Gasteiger partial charge in [-0.05, 0) is 30.4 Å². The normalized spacial score (nSPS) is 20.8. The number of ether oxygens (including phenoxy) is 1. The molecule has 1 unspecified atom stereocenters. The SMILES string of the molecule is CCc1cccc2c(CCNC(=NC)N3CCC(N4CCOCC4)C3)c[nH]c12.I. The van der Waals surface area contributed by atoms with E-state index in [-0.39, 0.29) is 24.0 Å². The molecule has 160 valence electrons. The van der Waals surface area contributed by atoms with Crippen LogP contribution < -0.4 is 5.32 Å². The van der Waals surface area contributed by atoms with E-state index in [4.69, 9.17) is 4.74 Å². The molecule has 6 nitrogen and oxygen atoms in total. The van der Waals surface area contributed by atoms with Crippen molar-refractivity contribution in [3.8, 4) is 0 Å². The van der Waals surface area contributed by atoms with Crippen LogP contribution in [0.15, 0.2) is 29.4 Å². The number of guanidine groups is 1. The van der Waals surface area contributed by atoms with Crippen molar-refractivity contribution in [3.63, 3.8) is 0 Å². The van der Waals surface area contributed by atoms with E-state index in [1.165, 1.54) is 28.5 Å². The molecule has 29 heavy (non-hydrogen) atoms. The van der Waals surface area contributed by atoms with Crippen LogP contribution in [0.1, 0.15) is 24.5 Å². The number of rotatable bonds is 5. The Bertz CT molecular complexity index is 815. The van der Waals surface area contributed by atoms with Gasteiger partial charge in [-0.2, -0.15) is 0 Å². The van der Waals surface area contributed by atoms with Gasteiger partial charge in [-0.1, -0.05) is 25.1 Å². The highest BCUT2D eigenvalue weighted by Crippen LogP contribution is 2.22. The van der Waals surface area contributed by atoms with Crippen molar-refractivity contribution in [1.82, 2.24) is 20.1 Å². The Morgan fingerprint density at radius 1 is 1.24 bits per heavy atom. The molecule has 0 saturated carbocycles. The lowest BCUT2D eigenvalue weighted by Gasteiger charge is -2.32. The molecule has 2 N–H and O–H groups in total. The lowest BCUT2D eigenvalue weighted by Crippen LogP contribution is -2.46. The fraction of sp³-hybridized carbons (Fsp3) is 0.591. The highest BCUT2D eigenvalue weighted by atomic mass is 127. The summed E-state index contributed by atoms with van der Waals surface area (Å²) >= 11 is 0. The summed E-state index contributed by atoms with van der Waals surface area (Å²) in [5.41, 5.74) is 4.05. The van der Waals surface area contributed by atoms with E-state index < -0.39 is 0 Å². The van der Waals surface area contributed by atoms with Crippen LogP contribution in [0.3, 0.4) is 0 Å². The molecule has 2 aliphatic heterocycles. The molecule has 2 aromatic rings. The summed E-state index contributed by atoms with van der Waals surface area (Å²) in [6.45, 7) is 9.11. The number of morpholine rings is 1. The highest BCUT2D eigenvalue weighted by Gasteiger charge is 2.30. The summed E-state index contributed by atoms with van der Waals surface area (Å²) in [5.74, 6) is 1.03. The van der Waals surface area contributed by atoms with Gasteiger partial charge in [0.05, 0.1) is 13.2 Å². The highest BCUT2D eigenvalue weighted by molar-refractivity contribution is 14.0. The third kappa shape index (κ3) is 5.06. The average molecular weight is 511 g/mol. The van der Waals surface area contributed by atoms with Crippen molar-refractivity contribution in [2.45, 2.75) is 32.2 Å². The van der Waals surface area contributed by atoms with Crippen LogP contribution in [0.5, 0.6) is 0 Å². The number of aromatic amines is 1. The number of benzene rings is 1. The van der Waals surface area contributed by atoms with Gasteiger partial charge in [-0.3, -0.25) is 9.89 Å². The lowest BCUT2D eigenvalue weighted by molar-refractivity contribution is 0.0195. The second-order valence-electron chi connectivity index (χ2n) is 7.77. The number of hydrogen-bond acceptors (Lipinski definition) is 3. The van der Waals surface area contributed by atoms with Gasteiger partial charge in [0.1, 0.15) is 0 Å². The third-order valence-corrected chi connectivity index (χ3v) is 6.18. The van der Waals surface area contributed by atoms with Crippen molar-refractivity contribution < 1.29 is 4.74 Å². The molecule has 7 heteroatoms. The van der Waals surface area contributed by atoms with E-state index >= 15 is 0 Å². The molecule has 0 radical (unpaired) electrons. The zero-order valence-corrected chi connectivity index (χ0v) is 19.9. The van der Waals surface area contributed by atoms with Gasteiger partial charge in [0.15, 0.2) is 5.96 Å². The molecule has 2 saturated heterocycles. The number of H-pyrrole nitrogens is 1. The summed E-state index contributed by atoms with van der Waals surface area (Å²) in [5, 5.41) is 4.94. The number of aliphatic imine (C=N–C) groups is 1. The molecule has 1 aromatic heterocycles. The number of para-hydroxylation sites is 1. The zero-order chi connectivity index (χ0) is 19.3. The average Bonchev–Trinajstić information content (AvgIpc) is 3.39. The van der Waals surface area contributed by atoms with Crippen molar-refractivity contribution in [2.24, 2.45) is 4.99 Å². The van der Waals surface area contributed by atoms with Gasteiger partial charge < -0.3 is 19.9 Å². The Hall–Kier alpha value is -1.32. The van der Waals surface area contributed by atoms with Crippen molar-refractivity contribution >= 4 is 40.8 Å². The molecular weight excluding hydrogens is 477 g/mol. The van der Waals surface area contributed by atoms with E-state index in [1.807, 2.05) is 7.05 Å². The van der Waals surface area contributed by atoms with Gasteiger partial charge in [0.2, 0.25) is 0 Å². The predicted octanol–water partition coefficient (Wildman–Crippen LogP) is 2.87. The van der Waals surface area contributed by atoms with Gasteiger partial charge in [0, 0.05) is 62.9 Å². The van der Waals surface area contributed by atoms with Crippen LogP contribution in [0.25, 0.3) is 10.9 Å². The summed E-state index contributed by atoms with van der Waals surface area (Å²) < 4.78 is 5.49. The number of hydrogen-bond donors (Lipinski definition) is 2. The van der Waals surface area contributed by atoms with Gasteiger partial charge in [-0.25, -0.2) is 0 Å². The number of nitrogens with zero attached hydrogens (tertiary/aromatic N) is 3. The number of aryl methyl sites for hydroxylation is 1. The quantitative estimate of drug-likeness (QED) is 0.369. The van der Waals surface area contributed by atoms with Crippen molar-refractivity contribution in [1.29, 1.82) is 0 Å². The van der Waals surface area contributed by atoms with E-state index in [0.29, 0.717) is 6.04 Å². The molecule has 3 heterocycles. The van der Waals surface area contributed by atoms with Crippen LogP contribution in [0, 0.1) is 0 Å². The molecular formula is C22H34IN5O. The Morgan fingerprint density at radius 3 is 2.83 bits per heavy atom. The maximum atomic E-state index is 5.49. The summed E-state index contributed by atoms with van der Waals surface area (Å²) in [4.78, 5) is 13.0. The van der Waals surface area contributed by atoms with Gasteiger partial charge in [-0.15, -0.1) is 24.0 Å². The summed E-state index contributed by atoms with van der Waals surface area (Å²) in [6.07, 6.45) is 5.43. The molecule has 0 amide bonds. The smallest absolute Gasteiger partial charge is 0.193 e. The first-order chi connectivity index (χ1) is 13.8. The topological polar surface area (TPSA) is 55.9 Å². The van der Waals surface area contributed by atoms with E-state index in [2.05, 4.69) is 56.4 Å². The van der Waals surface area contributed by atoms with E-state index in [1.54, 1.807) is 0 Å². The first-order valence-corrected chi connectivity index (χ1v) is 10.7. The number of aromatic nitrogens is 1. The monoisotopic (exact) mass is 511 g/mol. The first-order valence-electron chi connectivity index (χ1n) is 10.7. The van der Waals surface area contributed by atoms with Crippen LogP contribution in [0.2, 0.25) is 0 Å². The van der Waals surface area contributed by atoms with Crippen molar-refractivity contribution in [3.05, 3.63) is 35.5 Å². The number of nitrogens with one attached hydrogen (secondary N) is 2. The molecule has 2 aliphatic rings. The summed E-state index contributed by atoms with van der Waals surface area (Å²) in [7, 11) is 1.89. The van der Waals surface area contributed by atoms with Crippen LogP contribution in [0.4, 0.5) is 0 Å².